The number of esters is 2. The van der Waals surface area contributed by atoms with Crippen LogP contribution in [0.5, 0.6) is 0 Å². The Morgan fingerprint density at radius 1 is 1.15 bits per heavy atom. The number of methoxy groups -OCH3 is 1. The van der Waals surface area contributed by atoms with Gasteiger partial charge in [-0.2, -0.15) is 0 Å². The first-order chi connectivity index (χ1) is 16.0. The van der Waals surface area contributed by atoms with Crippen molar-refractivity contribution in [2.24, 2.45) is 11.3 Å². The second-order valence-electron chi connectivity index (χ2n) is 10.3. The standard InChI is InChI=1S/C26H40N2O6/c1-19(2)21(22(29)33-17-20-11-8-7-9-12-20)27-15-14-26(23(30)32-6)13-10-16-28(18-26)24(31)34-25(3,4)5/h7-9,11-12,19,21,27H,10,13-18H2,1-6H3/t21-,26?/m1/s1. The van der Waals surface area contributed by atoms with Crippen LogP contribution < -0.4 is 5.32 Å². The van der Waals surface area contributed by atoms with E-state index in [0.29, 0.717) is 32.4 Å². The molecule has 0 bridgehead atoms. The molecular formula is C26H40N2O6. The Labute approximate surface area is 203 Å². The van der Waals surface area contributed by atoms with Gasteiger partial charge in [-0.3, -0.25) is 9.59 Å². The summed E-state index contributed by atoms with van der Waals surface area (Å²) >= 11 is 0. The molecule has 0 aromatic heterocycles. The smallest absolute Gasteiger partial charge is 0.410 e. The molecule has 0 radical (unpaired) electrons. The number of piperidine rings is 1. The van der Waals surface area contributed by atoms with Crippen LogP contribution in [0.1, 0.15) is 59.4 Å². The number of ether oxygens (including phenoxy) is 3. The highest BCUT2D eigenvalue weighted by Gasteiger charge is 2.45. The minimum Gasteiger partial charge on any atom is -0.469 e. The van der Waals surface area contributed by atoms with Crippen LogP contribution in [0, 0.1) is 11.3 Å². The van der Waals surface area contributed by atoms with Crippen molar-refractivity contribution in [3.05, 3.63) is 35.9 Å². The molecule has 0 saturated carbocycles. The molecule has 2 rings (SSSR count). The molecule has 190 valence electrons. The van der Waals surface area contributed by atoms with E-state index in [4.69, 9.17) is 14.2 Å². The van der Waals surface area contributed by atoms with Crippen LogP contribution >= 0.6 is 0 Å². The zero-order valence-corrected chi connectivity index (χ0v) is 21.4. The van der Waals surface area contributed by atoms with E-state index >= 15 is 0 Å². The fourth-order valence-corrected chi connectivity index (χ4v) is 4.18. The Balaban J connectivity index is 2.01. The van der Waals surface area contributed by atoms with E-state index in [1.54, 1.807) is 4.90 Å². The van der Waals surface area contributed by atoms with Crippen LogP contribution in [-0.2, 0) is 30.4 Å². The summed E-state index contributed by atoms with van der Waals surface area (Å²) in [7, 11) is 1.36. The Morgan fingerprint density at radius 3 is 2.41 bits per heavy atom. The maximum absolute atomic E-state index is 12.8. The van der Waals surface area contributed by atoms with Gasteiger partial charge in [0, 0.05) is 13.1 Å². The number of carbonyl (C=O) groups excluding carboxylic acids is 3. The number of nitrogens with one attached hydrogen (secondary N) is 1. The molecule has 1 fully saturated rings. The molecule has 1 aromatic rings. The zero-order chi connectivity index (χ0) is 25.4. The summed E-state index contributed by atoms with van der Waals surface area (Å²) in [5.41, 5.74) is -0.548. The number of likely N-dealkylation sites (tertiary alicyclic amines) is 1. The average molecular weight is 477 g/mol. The molecule has 1 saturated heterocycles. The third-order valence-electron chi connectivity index (χ3n) is 5.96. The predicted molar refractivity (Wildman–Crippen MR) is 129 cm³/mol. The first kappa shape index (κ1) is 27.6. The van der Waals surface area contributed by atoms with E-state index in [9.17, 15) is 14.4 Å². The highest BCUT2D eigenvalue weighted by atomic mass is 16.6. The van der Waals surface area contributed by atoms with Gasteiger partial charge < -0.3 is 24.4 Å². The largest absolute Gasteiger partial charge is 0.469 e. The van der Waals surface area contributed by atoms with Crippen molar-refractivity contribution in [3.63, 3.8) is 0 Å². The summed E-state index contributed by atoms with van der Waals surface area (Å²) in [4.78, 5) is 39.8. The van der Waals surface area contributed by atoms with E-state index in [1.165, 1.54) is 7.11 Å². The Kier molecular flexibility index (Phi) is 9.91. The summed E-state index contributed by atoms with van der Waals surface area (Å²) in [5.74, 6) is -0.678. The van der Waals surface area contributed by atoms with Crippen LogP contribution in [0.15, 0.2) is 30.3 Å². The summed E-state index contributed by atoms with van der Waals surface area (Å²) in [5, 5.41) is 3.27. The van der Waals surface area contributed by atoms with E-state index in [-0.39, 0.29) is 31.0 Å². The molecule has 1 aliphatic heterocycles. The summed E-state index contributed by atoms with van der Waals surface area (Å²) in [6, 6.07) is 9.02. The highest BCUT2D eigenvalue weighted by molar-refractivity contribution is 5.79. The Bertz CT molecular complexity index is 820. The van der Waals surface area contributed by atoms with Crippen LogP contribution in [0.25, 0.3) is 0 Å². The van der Waals surface area contributed by atoms with Gasteiger partial charge in [-0.15, -0.1) is 0 Å². The fraction of sp³-hybridized carbons (Fsp3) is 0.654. The maximum Gasteiger partial charge on any atom is 0.410 e. The Morgan fingerprint density at radius 2 is 1.82 bits per heavy atom. The number of hydrogen-bond acceptors (Lipinski definition) is 7. The molecular weight excluding hydrogens is 436 g/mol. The molecule has 1 heterocycles. The van der Waals surface area contributed by atoms with Gasteiger partial charge in [0.05, 0.1) is 12.5 Å². The number of rotatable bonds is 9. The van der Waals surface area contributed by atoms with Crippen LogP contribution in [0.4, 0.5) is 4.79 Å². The van der Waals surface area contributed by atoms with Crippen LogP contribution in [0.3, 0.4) is 0 Å². The van der Waals surface area contributed by atoms with E-state index in [2.05, 4.69) is 5.32 Å². The number of nitrogens with zero attached hydrogens (tertiary/aromatic N) is 1. The second kappa shape index (κ2) is 12.2. The Hall–Kier alpha value is -2.61. The van der Waals surface area contributed by atoms with Crippen molar-refractivity contribution >= 4 is 18.0 Å². The van der Waals surface area contributed by atoms with Gasteiger partial charge in [0.2, 0.25) is 0 Å². The quantitative estimate of drug-likeness (QED) is 0.426. The van der Waals surface area contributed by atoms with Crippen molar-refractivity contribution in [3.8, 4) is 0 Å². The van der Waals surface area contributed by atoms with Crippen molar-refractivity contribution in [2.75, 3.05) is 26.7 Å². The van der Waals surface area contributed by atoms with Crippen molar-refractivity contribution in [1.82, 2.24) is 10.2 Å². The highest BCUT2D eigenvalue weighted by Crippen LogP contribution is 2.35. The van der Waals surface area contributed by atoms with Gasteiger partial charge in [-0.05, 0) is 58.1 Å². The van der Waals surface area contributed by atoms with Gasteiger partial charge in [0.1, 0.15) is 18.2 Å². The van der Waals surface area contributed by atoms with Gasteiger partial charge in [-0.25, -0.2) is 4.79 Å². The third-order valence-corrected chi connectivity index (χ3v) is 5.96. The van der Waals surface area contributed by atoms with Crippen molar-refractivity contribution in [1.29, 1.82) is 0 Å². The van der Waals surface area contributed by atoms with E-state index in [1.807, 2.05) is 65.0 Å². The summed E-state index contributed by atoms with van der Waals surface area (Å²) < 4.78 is 16.2. The van der Waals surface area contributed by atoms with Gasteiger partial charge in [-0.1, -0.05) is 44.2 Å². The molecule has 1 aromatic carbocycles. The second-order valence-corrected chi connectivity index (χ2v) is 10.3. The van der Waals surface area contributed by atoms with Gasteiger partial charge in [0.15, 0.2) is 0 Å². The lowest BCUT2D eigenvalue weighted by Crippen LogP contribution is -2.53. The molecule has 8 heteroatoms. The first-order valence-corrected chi connectivity index (χ1v) is 12.0. The lowest BCUT2D eigenvalue weighted by atomic mass is 9.77. The molecule has 2 atom stereocenters. The first-order valence-electron chi connectivity index (χ1n) is 12.0. The molecule has 1 unspecified atom stereocenters. The molecule has 0 spiro atoms. The number of amides is 1. The third kappa shape index (κ3) is 8.01. The lowest BCUT2D eigenvalue weighted by molar-refractivity contribution is -0.156. The van der Waals surface area contributed by atoms with Crippen LogP contribution in [0.2, 0.25) is 0 Å². The minimum absolute atomic E-state index is 0.00182. The molecule has 8 nitrogen and oxygen atoms in total. The topological polar surface area (TPSA) is 94.2 Å². The normalized spacial score (nSPS) is 19.4. The summed E-state index contributed by atoms with van der Waals surface area (Å²) in [6.07, 6.45) is 1.26. The maximum atomic E-state index is 12.8. The number of benzene rings is 1. The van der Waals surface area contributed by atoms with E-state index in [0.717, 1.165) is 5.56 Å². The molecule has 1 amide bonds. The lowest BCUT2D eigenvalue weighted by Gasteiger charge is -2.41. The zero-order valence-electron chi connectivity index (χ0n) is 21.4. The van der Waals surface area contributed by atoms with Crippen LogP contribution in [-0.4, -0.2) is 61.3 Å². The fourth-order valence-electron chi connectivity index (χ4n) is 4.18. The number of hydrogen-bond donors (Lipinski definition) is 1. The van der Waals surface area contributed by atoms with E-state index < -0.39 is 23.2 Å². The average Bonchev–Trinajstić information content (AvgIpc) is 2.79. The molecule has 34 heavy (non-hydrogen) atoms. The molecule has 1 N–H and O–H groups in total. The SMILES string of the molecule is COC(=O)C1(CCN[C@@H](C(=O)OCc2ccccc2)C(C)C)CCCN(C(=O)OC(C)(C)C)C1. The minimum atomic E-state index is -0.855. The van der Waals surface area contributed by atoms with Gasteiger partial charge >= 0.3 is 18.0 Å². The van der Waals surface area contributed by atoms with Gasteiger partial charge in [0.25, 0.3) is 0 Å². The number of carbonyl (C=O) groups is 3. The van der Waals surface area contributed by atoms with Crippen molar-refractivity contribution < 1.29 is 28.6 Å². The van der Waals surface area contributed by atoms with Crippen molar-refractivity contribution in [2.45, 2.75) is 72.1 Å². The summed E-state index contributed by atoms with van der Waals surface area (Å²) in [6.45, 7) is 10.7. The molecule has 0 aliphatic carbocycles. The molecule has 1 aliphatic rings. The monoisotopic (exact) mass is 476 g/mol. The predicted octanol–water partition coefficient (Wildman–Crippen LogP) is 3.92.